The van der Waals surface area contributed by atoms with E-state index < -0.39 is 6.29 Å². The maximum atomic E-state index is 9.13. The number of benzene rings is 3. The number of hydrogen-bond acceptors (Lipinski definition) is 2. The number of para-hydroxylation sites is 1. The molecule has 1 heterocycles. The highest BCUT2D eigenvalue weighted by Crippen LogP contribution is 2.25. The van der Waals surface area contributed by atoms with E-state index in [1.54, 1.807) is 0 Å². The molecule has 1 unspecified atom stereocenters. The van der Waals surface area contributed by atoms with Gasteiger partial charge in [0.2, 0.25) is 0 Å². The van der Waals surface area contributed by atoms with Crippen LogP contribution in [-0.4, -0.2) is 11.4 Å². The molecule has 0 aromatic heterocycles. The summed E-state index contributed by atoms with van der Waals surface area (Å²) in [6, 6.07) is 28.6. The van der Waals surface area contributed by atoms with Crippen LogP contribution in [0.2, 0.25) is 0 Å². The monoisotopic (exact) mass is 304 g/mol. The maximum absolute atomic E-state index is 9.13. The van der Waals surface area contributed by atoms with Gasteiger partial charge in [-0.2, -0.15) is 0 Å². The van der Waals surface area contributed by atoms with Crippen molar-refractivity contribution in [2.24, 2.45) is 0 Å². The van der Waals surface area contributed by atoms with Crippen LogP contribution in [0.5, 0.6) is 5.75 Å². The minimum Gasteiger partial charge on any atom is -0.465 e. The molecule has 116 valence electrons. The van der Waals surface area contributed by atoms with Crippen LogP contribution in [0.15, 0.2) is 84.9 Å². The molecule has 0 bridgehead atoms. The van der Waals surface area contributed by atoms with Gasteiger partial charge in [0, 0.05) is 6.42 Å². The van der Waals surface area contributed by atoms with Gasteiger partial charge in [-0.25, -0.2) is 0 Å². The Morgan fingerprint density at radius 2 is 1.22 bits per heavy atom. The Labute approximate surface area is 137 Å². The molecule has 0 aliphatic carbocycles. The molecule has 4 rings (SSSR count). The van der Waals surface area contributed by atoms with Crippen LogP contribution in [0.25, 0.3) is 11.1 Å². The molecule has 0 saturated heterocycles. The van der Waals surface area contributed by atoms with Gasteiger partial charge in [0.1, 0.15) is 5.75 Å². The SMILES string of the molecule is OC1CCc2ccccc2O1.c1ccc(-c2ccccc2)cc1. The lowest BCUT2D eigenvalue weighted by Gasteiger charge is -2.21. The Bertz CT molecular complexity index is 686. The third kappa shape index (κ3) is 4.21. The first-order valence-corrected chi connectivity index (χ1v) is 7.86. The summed E-state index contributed by atoms with van der Waals surface area (Å²) >= 11 is 0. The number of fused-ring (bicyclic) bond motifs is 1. The Hall–Kier alpha value is -2.58. The topological polar surface area (TPSA) is 29.5 Å². The van der Waals surface area contributed by atoms with E-state index in [0.717, 1.165) is 12.2 Å². The number of ether oxygens (including phenoxy) is 1. The van der Waals surface area contributed by atoms with Gasteiger partial charge in [0.15, 0.2) is 6.29 Å². The molecule has 1 aliphatic rings. The minimum absolute atomic E-state index is 0.607. The zero-order valence-corrected chi connectivity index (χ0v) is 12.9. The van der Waals surface area contributed by atoms with E-state index in [1.807, 2.05) is 36.4 Å². The molecule has 0 saturated carbocycles. The van der Waals surface area contributed by atoms with Crippen molar-refractivity contribution in [1.82, 2.24) is 0 Å². The van der Waals surface area contributed by atoms with Crippen molar-refractivity contribution in [3.05, 3.63) is 90.5 Å². The average Bonchev–Trinajstić information content (AvgIpc) is 2.64. The first-order chi connectivity index (χ1) is 11.3. The van der Waals surface area contributed by atoms with Gasteiger partial charge in [-0.3, -0.25) is 0 Å². The Morgan fingerprint density at radius 1 is 0.696 bits per heavy atom. The van der Waals surface area contributed by atoms with Gasteiger partial charge in [-0.05, 0) is 29.2 Å². The van der Waals surface area contributed by atoms with Crippen LogP contribution in [0.4, 0.5) is 0 Å². The molecule has 0 radical (unpaired) electrons. The summed E-state index contributed by atoms with van der Waals surface area (Å²) in [5.74, 6) is 0.825. The summed E-state index contributed by atoms with van der Waals surface area (Å²) in [7, 11) is 0. The summed E-state index contributed by atoms with van der Waals surface area (Å²) < 4.78 is 5.19. The quantitative estimate of drug-likeness (QED) is 0.707. The Balaban J connectivity index is 0.000000136. The molecule has 2 heteroatoms. The second-order valence-electron chi connectivity index (χ2n) is 5.45. The van der Waals surface area contributed by atoms with Crippen molar-refractivity contribution in [1.29, 1.82) is 0 Å². The first-order valence-electron chi connectivity index (χ1n) is 7.86. The molecule has 0 spiro atoms. The summed E-state index contributed by atoms with van der Waals surface area (Å²) in [6.45, 7) is 0. The molecular formula is C21H20O2. The van der Waals surface area contributed by atoms with Crippen molar-refractivity contribution < 1.29 is 9.84 Å². The molecule has 2 nitrogen and oxygen atoms in total. The Kier molecular flexibility index (Phi) is 5.07. The molecule has 3 aromatic rings. The van der Waals surface area contributed by atoms with Crippen molar-refractivity contribution >= 4 is 0 Å². The smallest absolute Gasteiger partial charge is 0.197 e. The fraction of sp³-hybridized carbons (Fsp3) is 0.143. The highest BCUT2D eigenvalue weighted by molar-refractivity contribution is 5.62. The molecule has 0 amide bonds. The predicted molar refractivity (Wildman–Crippen MR) is 93.3 cm³/mol. The highest BCUT2D eigenvalue weighted by atomic mass is 16.6. The van der Waals surface area contributed by atoms with Crippen LogP contribution in [0, 0.1) is 0 Å². The predicted octanol–water partition coefficient (Wildman–Crippen LogP) is 4.68. The lowest BCUT2D eigenvalue weighted by molar-refractivity contribution is -0.0316. The summed E-state index contributed by atoms with van der Waals surface area (Å²) in [5.41, 5.74) is 3.74. The highest BCUT2D eigenvalue weighted by Gasteiger charge is 2.15. The minimum atomic E-state index is -0.607. The van der Waals surface area contributed by atoms with E-state index in [1.165, 1.54) is 16.7 Å². The lowest BCUT2D eigenvalue weighted by atomic mass is 10.1. The van der Waals surface area contributed by atoms with Gasteiger partial charge in [0.05, 0.1) is 0 Å². The normalized spacial score (nSPS) is 15.6. The molecule has 3 aromatic carbocycles. The summed E-state index contributed by atoms with van der Waals surface area (Å²) in [5, 5.41) is 9.13. The third-order valence-electron chi connectivity index (χ3n) is 3.78. The lowest BCUT2D eigenvalue weighted by Crippen LogP contribution is -2.21. The van der Waals surface area contributed by atoms with E-state index in [2.05, 4.69) is 48.5 Å². The number of aryl methyl sites for hydroxylation is 1. The van der Waals surface area contributed by atoms with E-state index in [0.29, 0.717) is 6.42 Å². The van der Waals surface area contributed by atoms with Crippen LogP contribution >= 0.6 is 0 Å². The van der Waals surface area contributed by atoms with E-state index in [9.17, 15) is 0 Å². The van der Waals surface area contributed by atoms with Crippen LogP contribution in [0.1, 0.15) is 12.0 Å². The fourth-order valence-corrected chi connectivity index (χ4v) is 2.57. The first kappa shape index (κ1) is 15.3. The van der Waals surface area contributed by atoms with Crippen LogP contribution in [0.3, 0.4) is 0 Å². The Morgan fingerprint density at radius 3 is 1.83 bits per heavy atom. The van der Waals surface area contributed by atoms with Gasteiger partial charge >= 0.3 is 0 Å². The standard InChI is InChI=1S/C12H10.C9H10O2/c1-3-7-11(8-4-1)12-9-5-2-6-10-12;10-9-6-5-7-3-1-2-4-8(7)11-9/h1-10H;1-4,9-10H,5-6H2. The van der Waals surface area contributed by atoms with Crippen molar-refractivity contribution in [3.8, 4) is 16.9 Å². The molecular weight excluding hydrogens is 284 g/mol. The number of hydrogen-bond donors (Lipinski definition) is 1. The maximum Gasteiger partial charge on any atom is 0.197 e. The molecule has 0 fully saturated rings. The van der Waals surface area contributed by atoms with Gasteiger partial charge in [-0.15, -0.1) is 0 Å². The van der Waals surface area contributed by atoms with Crippen molar-refractivity contribution in [2.45, 2.75) is 19.1 Å². The van der Waals surface area contributed by atoms with Gasteiger partial charge in [0.25, 0.3) is 0 Å². The zero-order valence-electron chi connectivity index (χ0n) is 12.9. The molecule has 23 heavy (non-hydrogen) atoms. The second kappa shape index (κ2) is 7.61. The summed E-state index contributed by atoms with van der Waals surface area (Å²) in [4.78, 5) is 0. The van der Waals surface area contributed by atoms with E-state index in [-0.39, 0.29) is 0 Å². The van der Waals surface area contributed by atoms with E-state index >= 15 is 0 Å². The number of aliphatic hydroxyl groups excluding tert-OH is 1. The summed E-state index contributed by atoms with van der Waals surface area (Å²) in [6.07, 6.45) is 1.01. The largest absolute Gasteiger partial charge is 0.465 e. The van der Waals surface area contributed by atoms with Crippen LogP contribution in [-0.2, 0) is 6.42 Å². The van der Waals surface area contributed by atoms with Crippen molar-refractivity contribution in [3.63, 3.8) is 0 Å². The number of rotatable bonds is 1. The average molecular weight is 304 g/mol. The number of aliphatic hydroxyl groups is 1. The van der Waals surface area contributed by atoms with E-state index in [4.69, 9.17) is 9.84 Å². The zero-order chi connectivity index (χ0) is 15.9. The fourth-order valence-electron chi connectivity index (χ4n) is 2.57. The van der Waals surface area contributed by atoms with Crippen molar-refractivity contribution in [2.75, 3.05) is 0 Å². The molecule has 1 N–H and O–H groups in total. The molecule has 1 aliphatic heterocycles. The van der Waals surface area contributed by atoms with Crippen LogP contribution < -0.4 is 4.74 Å². The molecule has 1 atom stereocenters. The van der Waals surface area contributed by atoms with Gasteiger partial charge in [-0.1, -0.05) is 78.9 Å². The second-order valence-corrected chi connectivity index (χ2v) is 5.45. The van der Waals surface area contributed by atoms with Gasteiger partial charge < -0.3 is 9.84 Å². The third-order valence-corrected chi connectivity index (χ3v) is 3.78.